The van der Waals surface area contributed by atoms with Crippen LogP contribution in [0, 0.1) is 3.57 Å². The Hall–Kier alpha value is -1.43. The maximum Gasteiger partial charge on any atom is 0.141 e. The van der Waals surface area contributed by atoms with Crippen LogP contribution < -0.4 is 15.2 Å². The molecule has 0 atom stereocenters. The highest BCUT2D eigenvalue weighted by molar-refractivity contribution is 14.1. The first-order valence-corrected chi connectivity index (χ1v) is 6.58. The van der Waals surface area contributed by atoms with Crippen molar-refractivity contribution in [1.82, 2.24) is 0 Å². The number of methoxy groups -OCH3 is 1. The quantitative estimate of drug-likeness (QED) is 0.675. The summed E-state index contributed by atoms with van der Waals surface area (Å²) in [5.41, 5.74) is 7.50. The van der Waals surface area contributed by atoms with Crippen LogP contribution >= 0.6 is 22.6 Å². The van der Waals surface area contributed by atoms with Gasteiger partial charge in [-0.15, -0.1) is 0 Å². The number of ether oxygens (including phenoxy) is 2. The van der Waals surface area contributed by atoms with E-state index in [-0.39, 0.29) is 0 Å². The Morgan fingerprint density at radius 1 is 1.11 bits per heavy atom. The van der Waals surface area contributed by atoms with Crippen molar-refractivity contribution in [3.8, 4) is 11.5 Å². The lowest BCUT2D eigenvalue weighted by Gasteiger charge is -2.10. The topological polar surface area (TPSA) is 44.5 Å². The Balaban J connectivity index is 2.07. The minimum Gasteiger partial charge on any atom is -0.495 e. The van der Waals surface area contributed by atoms with Gasteiger partial charge in [0.1, 0.15) is 18.1 Å². The molecule has 0 bridgehead atoms. The molecule has 0 aromatic heterocycles. The lowest BCUT2D eigenvalue weighted by atomic mass is 10.2. The van der Waals surface area contributed by atoms with Gasteiger partial charge in [0.15, 0.2) is 0 Å². The van der Waals surface area contributed by atoms with E-state index in [1.54, 1.807) is 7.11 Å². The van der Waals surface area contributed by atoms with Gasteiger partial charge in [-0.1, -0.05) is 18.2 Å². The number of halogens is 1. The van der Waals surface area contributed by atoms with Gasteiger partial charge in [-0.05, 0) is 52.4 Å². The summed E-state index contributed by atoms with van der Waals surface area (Å²) in [5, 5.41) is 0. The maximum atomic E-state index is 5.85. The molecule has 0 fully saturated rings. The SMILES string of the molecule is COc1ccc(COc2ccccc2I)cc1N. The second-order valence-electron chi connectivity index (χ2n) is 3.80. The van der Waals surface area contributed by atoms with Crippen LogP contribution in [0.2, 0.25) is 0 Å². The predicted octanol–water partition coefficient (Wildman–Crippen LogP) is 3.46. The molecule has 0 spiro atoms. The van der Waals surface area contributed by atoms with Gasteiger partial charge in [0.05, 0.1) is 16.4 Å². The lowest BCUT2D eigenvalue weighted by molar-refractivity contribution is 0.304. The van der Waals surface area contributed by atoms with Gasteiger partial charge in [-0.25, -0.2) is 0 Å². The van der Waals surface area contributed by atoms with Gasteiger partial charge >= 0.3 is 0 Å². The smallest absolute Gasteiger partial charge is 0.141 e. The van der Waals surface area contributed by atoms with E-state index < -0.39 is 0 Å². The van der Waals surface area contributed by atoms with Crippen LogP contribution in [0.1, 0.15) is 5.56 Å². The minimum atomic E-state index is 0.494. The van der Waals surface area contributed by atoms with E-state index in [2.05, 4.69) is 22.6 Å². The molecular formula is C14H14INO2. The molecule has 0 aliphatic heterocycles. The molecule has 0 saturated carbocycles. The molecule has 0 amide bonds. The number of benzene rings is 2. The number of hydrogen-bond acceptors (Lipinski definition) is 3. The maximum absolute atomic E-state index is 5.85. The van der Waals surface area contributed by atoms with E-state index in [0.29, 0.717) is 18.0 Å². The van der Waals surface area contributed by atoms with Crippen molar-refractivity contribution in [1.29, 1.82) is 0 Å². The highest BCUT2D eigenvalue weighted by Gasteiger charge is 2.03. The average Bonchev–Trinajstić information content (AvgIpc) is 2.38. The largest absolute Gasteiger partial charge is 0.495 e. The summed E-state index contributed by atoms with van der Waals surface area (Å²) < 4.78 is 12.0. The summed E-state index contributed by atoms with van der Waals surface area (Å²) in [6, 6.07) is 13.6. The Morgan fingerprint density at radius 2 is 1.89 bits per heavy atom. The molecule has 2 aromatic carbocycles. The monoisotopic (exact) mass is 355 g/mol. The van der Waals surface area contributed by atoms with Crippen molar-refractivity contribution < 1.29 is 9.47 Å². The van der Waals surface area contributed by atoms with Gasteiger partial charge < -0.3 is 15.2 Å². The van der Waals surface area contributed by atoms with Gasteiger partial charge in [0, 0.05) is 0 Å². The summed E-state index contributed by atoms with van der Waals surface area (Å²) in [6.45, 7) is 0.494. The molecule has 2 N–H and O–H groups in total. The van der Waals surface area contributed by atoms with E-state index in [9.17, 15) is 0 Å². The normalized spacial score (nSPS) is 10.1. The number of nitrogens with two attached hydrogens (primary N) is 1. The number of rotatable bonds is 4. The third-order valence-electron chi connectivity index (χ3n) is 2.53. The average molecular weight is 355 g/mol. The second-order valence-corrected chi connectivity index (χ2v) is 4.96. The molecule has 0 saturated heterocycles. The van der Waals surface area contributed by atoms with E-state index in [0.717, 1.165) is 14.9 Å². The highest BCUT2D eigenvalue weighted by Crippen LogP contribution is 2.24. The van der Waals surface area contributed by atoms with Crippen LogP contribution in [0.5, 0.6) is 11.5 Å². The van der Waals surface area contributed by atoms with Gasteiger partial charge in [-0.3, -0.25) is 0 Å². The standard InChI is InChI=1S/C14H14INO2/c1-17-14-7-6-10(8-12(14)16)9-18-13-5-3-2-4-11(13)15/h2-8H,9,16H2,1H3. The molecule has 4 heteroatoms. The molecule has 18 heavy (non-hydrogen) atoms. The molecule has 2 aromatic rings. The second kappa shape index (κ2) is 5.95. The molecule has 0 radical (unpaired) electrons. The first kappa shape index (κ1) is 13.0. The molecule has 0 aliphatic carbocycles. The third-order valence-corrected chi connectivity index (χ3v) is 3.42. The first-order chi connectivity index (χ1) is 8.70. The number of anilines is 1. The molecule has 0 heterocycles. The van der Waals surface area contributed by atoms with E-state index in [1.165, 1.54) is 0 Å². The van der Waals surface area contributed by atoms with Crippen molar-refractivity contribution in [3.63, 3.8) is 0 Å². The van der Waals surface area contributed by atoms with E-state index >= 15 is 0 Å². The molecule has 0 aliphatic rings. The van der Waals surface area contributed by atoms with E-state index in [4.69, 9.17) is 15.2 Å². The van der Waals surface area contributed by atoms with Crippen molar-refractivity contribution in [2.75, 3.05) is 12.8 Å². The van der Waals surface area contributed by atoms with Crippen molar-refractivity contribution in [2.45, 2.75) is 6.61 Å². The van der Waals surface area contributed by atoms with Gasteiger partial charge in [0.2, 0.25) is 0 Å². The lowest BCUT2D eigenvalue weighted by Crippen LogP contribution is -1.99. The van der Waals surface area contributed by atoms with Gasteiger partial charge in [0.25, 0.3) is 0 Å². The summed E-state index contributed by atoms with van der Waals surface area (Å²) in [4.78, 5) is 0. The fourth-order valence-electron chi connectivity index (χ4n) is 1.60. The third kappa shape index (κ3) is 3.07. The Kier molecular flexibility index (Phi) is 4.30. The molecule has 3 nitrogen and oxygen atoms in total. The summed E-state index contributed by atoms with van der Waals surface area (Å²) in [5.74, 6) is 1.57. The van der Waals surface area contributed by atoms with Crippen LogP contribution in [0.3, 0.4) is 0 Å². The van der Waals surface area contributed by atoms with Crippen molar-refractivity contribution >= 4 is 28.3 Å². The zero-order valence-corrected chi connectivity index (χ0v) is 12.2. The molecule has 94 valence electrons. The highest BCUT2D eigenvalue weighted by atomic mass is 127. The van der Waals surface area contributed by atoms with Crippen LogP contribution in [0.4, 0.5) is 5.69 Å². The Bertz CT molecular complexity index is 543. The zero-order chi connectivity index (χ0) is 13.0. The first-order valence-electron chi connectivity index (χ1n) is 5.50. The van der Waals surface area contributed by atoms with Crippen LogP contribution in [-0.4, -0.2) is 7.11 Å². The fraction of sp³-hybridized carbons (Fsp3) is 0.143. The summed E-state index contributed by atoms with van der Waals surface area (Å²) in [6.07, 6.45) is 0. The molecular weight excluding hydrogens is 341 g/mol. The van der Waals surface area contributed by atoms with Crippen molar-refractivity contribution in [2.24, 2.45) is 0 Å². The van der Waals surface area contributed by atoms with Crippen molar-refractivity contribution in [3.05, 3.63) is 51.6 Å². The van der Waals surface area contributed by atoms with Gasteiger partial charge in [-0.2, -0.15) is 0 Å². The molecule has 0 unspecified atom stereocenters. The minimum absolute atomic E-state index is 0.494. The number of nitrogen functional groups attached to an aromatic ring is 1. The Morgan fingerprint density at radius 3 is 2.56 bits per heavy atom. The Labute approximate surface area is 120 Å². The van der Waals surface area contributed by atoms with Crippen LogP contribution in [-0.2, 0) is 6.61 Å². The summed E-state index contributed by atoms with van der Waals surface area (Å²) >= 11 is 2.25. The van der Waals surface area contributed by atoms with Crippen LogP contribution in [0.25, 0.3) is 0 Å². The van der Waals surface area contributed by atoms with Crippen LogP contribution in [0.15, 0.2) is 42.5 Å². The number of hydrogen-bond donors (Lipinski definition) is 1. The number of para-hydroxylation sites is 1. The zero-order valence-electron chi connectivity index (χ0n) is 10.0. The predicted molar refractivity (Wildman–Crippen MR) is 80.9 cm³/mol. The fourth-order valence-corrected chi connectivity index (χ4v) is 2.14. The van der Waals surface area contributed by atoms with E-state index in [1.807, 2.05) is 42.5 Å². The molecule has 2 rings (SSSR count). The summed E-state index contributed by atoms with van der Waals surface area (Å²) in [7, 11) is 1.61.